The molecule has 0 bridgehead atoms. The second kappa shape index (κ2) is 4.74. The molecule has 1 aromatic rings. The van der Waals surface area contributed by atoms with Gasteiger partial charge >= 0.3 is 0 Å². The van der Waals surface area contributed by atoms with Crippen LogP contribution in [0, 0.1) is 6.92 Å². The van der Waals surface area contributed by atoms with Crippen molar-refractivity contribution in [1.29, 1.82) is 0 Å². The summed E-state index contributed by atoms with van der Waals surface area (Å²) in [6.45, 7) is 4.00. The average molecular weight is 219 g/mol. The molecule has 0 N–H and O–H groups in total. The van der Waals surface area contributed by atoms with Crippen LogP contribution >= 0.6 is 0 Å². The summed E-state index contributed by atoms with van der Waals surface area (Å²) in [6.07, 6.45) is 4.03. The fraction of sp³-hybridized carbons (Fsp3) is 0.538. The first-order valence-electron chi connectivity index (χ1n) is 5.75. The van der Waals surface area contributed by atoms with Gasteiger partial charge in [-0.1, -0.05) is 6.07 Å². The maximum atomic E-state index is 11.9. The molecule has 0 radical (unpaired) electrons. The summed E-state index contributed by atoms with van der Waals surface area (Å²) >= 11 is 0. The number of ketones is 1. The smallest absolute Gasteiger partial charge is 0.167 e. The molecule has 2 rings (SSSR count). The molecule has 0 aliphatic carbocycles. The number of carbonyl (C=O) groups excluding carboxylic acids is 1. The molecule has 2 atom stereocenters. The van der Waals surface area contributed by atoms with Crippen molar-refractivity contribution in [3.63, 3.8) is 0 Å². The van der Waals surface area contributed by atoms with Crippen LogP contribution in [0.2, 0.25) is 0 Å². The highest BCUT2D eigenvalue weighted by atomic mass is 16.5. The Morgan fingerprint density at radius 2 is 2.31 bits per heavy atom. The van der Waals surface area contributed by atoms with E-state index in [4.69, 9.17) is 4.74 Å². The lowest BCUT2D eigenvalue weighted by Gasteiger charge is -2.09. The minimum Gasteiger partial charge on any atom is -0.367 e. The standard InChI is InChI=1S/C13H17NO2/c1-9-3-5-11(14-8-9)7-12(15)13-6-4-10(2)16-13/h3,5,8,10,13H,4,6-7H2,1-2H3. The summed E-state index contributed by atoms with van der Waals surface area (Å²) in [5, 5.41) is 0. The highest BCUT2D eigenvalue weighted by Gasteiger charge is 2.27. The molecular formula is C13H17NO2. The van der Waals surface area contributed by atoms with E-state index < -0.39 is 0 Å². The third kappa shape index (κ3) is 2.67. The maximum Gasteiger partial charge on any atom is 0.167 e. The molecule has 1 saturated heterocycles. The van der Waals surface area contributed by atoms with Gasteiger partial charge in [-0.05, 0) is 38.3 Å². The molecule has 86 valence electrons. The van der Waals surface area contributed by atoms with Crippen molar-refractivity contribution in [3.8, 4) is 0 Å². The number of ether oxygens (including phenoxy) is 1. The number of rotatable bonds is 3. The van der Waals surface area contributed by atoms with E-state index in [1.807, 2.05) is 26.0 Å². The van der Waals surface area contributed by atoms with Gasteiger partial charge in [-0.25, -0.2) is 0 Å². The third-order valence-corrected chi connectivity index (χ3v) is 2.92. The Balaban J connectivity index is 1.94. The highest BCUT2D eigenvalue weighted by Crippen LogP contribution is 2.20. The summed E-state index contributed by atoms with van der Waals surface area (Å²) in [7, 11) is 0. The first-order chi connectivity index (χ1) is 7.65. The second-order valence-electron chi connectivity index (χ2n) is 4.48. The molecule has 3 heteroatoms. The van der Waals surface area contributed by atoms with E-state index in [0.717, 1.165) is 24.1 Å². The molecule has 0 saturated carbocycles. The van der Waals surface area contributed by atoms with Gasteiger partial charge < -0.3 is 4.74 Å². The number of hydrogen-bond donors (Lipinski definition) is 0. The molecule has 0 aromatic carbocycles. The minimum atomic E-state index is -0.210. The zero-order chi connectivity index (χ0) is 11.5. The number of aryl methyl sites for hydroxylation is 1. The molecule has 3 nitrogen and oxygen atoms in total. The first-order valence-corrected chi connectivity index (χ1v) is 5.75. The van der Waals surface area contributed by atoms with Gasteiger partial charge in [0.15, 0.2) is 5.78 Å². The van der Waals surface area contributed by atoms with Crippen LogP contribution in [0.4, 0.5) is 0 Å². The summed E-state index contributed by atoms with van der Waals surface area (Å²) in [5.74, 6) is 0.153. The van der Waals surface area contributed by atoms with Crippen LogP contribution in [0.5, 0.6) is 0 Å². The molecule has 2 heterocycles. The summed E-state index contributed by atoms with van der Waals surface area (Å²) in [4.78, 5) is 16.1. The summed E-state index contributed by atoms with van der Waals surface area (Å²) < 4.78 is 5.54. The molecule has 2 unspecified atom stereocenters. The lowest BCUT2D eigenvalue weighted by atomic mass is 10.1. The average Bonchev–Trinajstić information content (AvgIpc) is 2.68. The van der Waals surface area contributed by atoms with Gasteiger partial charge in [0.25, 0.3) is 0 Å². The number of aromatic nitrogens is 1. The monoisotopic (exact) mass is 219 g/mol. The van der Waals surface area contributed by atoms with Gasteiger partial charge in [0, 0.05) is 11.9 Å². The zero-order valence-electron chi connectivity index (χ0n) is 9.77. The molecule has 0 amide bonds. The predicted molar refractivity (Wildman–Crippen MR) is 61.3 cm³/mol. The summed E-state index contributed by atoms with van der Waals surface area (Å²) in [5.41, 5.74) is 1.95. The van der Waals surface area contributed by atoms with Crippen LogP contribution in [0.3, 0.4) is 0 Å². The lowest BCUT2D eigenvalue weighted by molar-refractivity contribution is -0.128. The Morgan fingerprint density at radius 3 is 2.88 bits per heavy atom. The third-order valence-electron chi connectivity index (χ3n) is 2.92. The molecule has 16 heavy (non-hydrogen) atoms. The van der Waals surface area contributed by atoms with Gasteiger partial charge in [0.2, 0.25) is 0 Å². The Hall–Kier alpha value is -1.22. The normalized spacial score (nSPS) is 24.6. The SMILES string of the molecule is Cc1ccc(CC(=O)C2CCC(C)O2)nc1. The van der Waals surface area contributed by atoms with Crippen LogP contribution in [0.15, 0.2) is 18.3 Å². The van der Waals surface area contributed by atoms with Crippen molar-refractivity contribution in [1.82, 2.24) is 4.98 Å². The van der Waals surface area contributed by atoms with Crippen molar-refractivity contribution in [2.24, 2.45) is 0 Å². The topological polar surface area (TPSA) is 39.2 Å². The molecular weight excluding hydrogens is 202 g/mol. The van der Waals surface area contributed by atoms with Gasteiger partial charge in [-0.3, -0.25) is 9.78 Å². The van der Waals surface area contributed by atoms with Crippen molar-refractivity contribution >= 4 is 5.78 Å². The van der Waals surface area contributed by atoms with Crippen LogP contribution in [-0.2, 0) is 16.0 Å². The van der Waals surface area contributed by atoms with E-state index in [9.17, 15) is 4.79 Å². The number of hydrogen-bond acceptors (Lipinski definition) is 3. The number of Topliss-reactive ketones (excluding diaryl/α,β-unsaturated/α-hetero) is 1. The van der Waals surface area contributed by atoms with Crippen LogP contribution < -0.4 is 0 Å². The highest BCUT2D eigenvalue weighted by molar-refractivity contribution is 5.85. The van der Waals surface area contributed by atoms with Crippen molar-refractivity contribution in [3.05, 3.63) is 29.6 Å². The van der Waals surface area contributed by atoms with Gasteiger partial charge in [0.1, 0.15) is 6.10 Å². The van der Waals surface area contributed by atoms with Crippen molar-refractivity contribution in [2.75, 3.05) is 0 Å². The first kappa shape index (κ1) is 11.3. The zero-order valence-corrected chi connectivity index (χ0v) is 9.77. The molecule has 1 aliphatic rings. The van der Waals surface area contributed by atoms with E-state index in [-0.39, 0.29) is 18.0 Å². The predicted octanol–water partition coefficient (Wildman–Crippen LogP) is 2.07. The van der Waals surface area contributed by atoms with E-state index in [0.29, 0.717) is 6.42 Å². The fourth-order valence-corrected chi connectivity index (χ4v) is 1.93. The van der Waals surface area contributed by atoms with Gasteiger partial charge in [0.05, 0.1) is 12.5 Å². The second-order valence-corrected chi connectivity index (χ2v) is 4.48. The van der Waals surface area contributed by atoms with Gasteiger partial charge in [-0.15, -0.1) is 0 Å². The summed E-state index contributed by atoms with van der Waals surface area (Å²) in [6, 6.07) is 3.89. The lowest BCUT2D eigenvalue weighted by Crippen LogP contribution is -2.22. The van der Waals surface area contributed by atoms with Gasteiger partial charge in [-0.2, -0.15) is 0 Å². The van der Waals surface area contributed by atoms with Crippen molar-refractivity contribution < 1.29 is 9.53 Å². The van der Waals surface area contributed by atoms with Crippen LogP contribution in [0.25, 0.3) is 0 Å². The van der Waals surface area contributed by atoms with E-state index in [2.05, 4.69) is 4.98 Å². The number of carbonyl (C=O) groups is 1. The quantitative estimate of drug-likeness (QED) is 0.781. The largest absolute Gasteiger partial charge is 0.367 e. The Bertz CT molecular complexity index is 372. The molecule has 1 aromatic heterocycles. The van der Waals surface area contributed by atoms with Crippen LogP contribution in [0.1, 0.15) is 31.0 Å². The van der Waals surface area contributed by atoms with Crippen molar-refractivity contribution in [2.45, 2.75) is 45.3 Å². The Morgan fingerprint density at radius 1 is 1.50 bits per heavy atom. The van der Waals surface area contributed by atoms with Crippen LogP contribution in [-0.4, -0.2) is 23.0 Å². The van der Waals surface area contributed by atoms with E-state index in [1.54, 1.807) is 6.20 Å². The fourth-order valence-electron chi connectivity index (χ4n) is 1.93. The Labute approximate surface area is 95.8 Å². The maximum absolute atomic E-state index is 11.9. The van der Waals surface area contributed by atoms with E-state index in [1.165, 1.54) is 0 Å². The number of nitrogens with zero attached hydrogens (tertiary/aromatic N) is 1. The van der Waals surface area contributed by atoms with E-state index >= 15 is 0 Å². The molecule has 1 fully saturated rings. The number of pyridine rings is 1. The molecule has 1 aliphatic heterocycles. The minimum absolute atomic E-state index is 0.153. The molecule has 0 spiro atoms. The Kier molecular flexibility index (Phi) is 3.34.